The van der Waals surface area contributed by atoms with Crippen LogP contribution in [-0.4, -0.2) is 48.6 Å². The van der Waals surface area contributed by atoms with E-state index in [1.165, 1.54) is 0 Å². The molecule has 0 saturated carbocycles. The second kappa shape index (κ2) is 6.18. The van der Waals surface area contributed by atoms with E-state index in [1.54, 1.807) is 11.9 Å². The summed E-state index contributed by atoms with van der Waals surface area (Å²) in [5, 5.41) is 2.84. The first-order valence-corrected chi connectivity index (χ1v) is 6.52. The smallest absolute Gasteiger partial charge is 0.410 e. The molecule has 0 bridgehead atoms. The van der Waals surface area contributed by atoms with E-state index in [9.17, 15) is 9.59 Å². The number of likely N-dealkylation sites (N-methyl/N-ethyl adjacent to an activating group) is 1. The van der Waals surface area contributed by atoms with E-state index in [0.29, 0.717) is 13.1 Å². The number of ketones is 1. The Kier molecular flexibility index (Phi) is 5.14. The van der Waals surface area contributed by atoms with Crippen LogP contribution < -0.4 is 5.32 Å². The number of carbonyl (C=O) groups excluding carboxylic acids is 2. The first kappa shape index (κ1) is 15.0. The number of nitrogens with zero attached hydrogens (tertiary/aromatic N) is 1. The Labute approximate surface area is 109 Å². The van der Waals surface area contributed by atoms with E-state index >= 15 is 0 Å². The van der Waals surface area contributed by atoms with Crippen LogP contribution in [-0.2, 0) is 9.53 Å². The van der Waals surface area contributed by atoms with Gasteiger partial charge in [-0.25, -0.2) is 4.79 Å². The number of hydrogen-bond acceptors (Lipinski definition) is 4. The molecule has 1 saturated heterocycles. The quantitative estimate of drug-likeness (QED) is 0.832. The molecule has 5 heteroatoms. The van der Waals surface area contributed by atoms with Gasteiger partial charge in [0, 0.05) is 6.54 Å². The molecule has 1 aliphatic heterocycles. The highest BCUT2D eigenvalue weighted by Gasteiger charge is 2.34. The summed E-state index contributed by atoms with van der Waals surface area (Å²) in [7, 11) is 1.73. The average molecular weight is 256 g/mol. The van der Waals surface area contributed by atoms with Gasteiger partial charge in [-0.1, -0.05) is 0 Å². The maximum Gasteiger partial charge on any atom is 0.410 e. The molecule has 0 aromatic rings. The van der Waals surface area contributed by atoms with Crippen LogP contribution in [0.4, 0.5) is 4.79 Å². The van der Waals surface area contributed by atoms with Crippen LogP contribution in [0.5, 0.6) is 0 Å². The Bertz CT molecular complexity index is 310. The van der Waals surface area contributed by atoms with Gasteiger partial charge >= 0.3 is 6.09 Å². The third kappa shape index (κ3) is 4.29. The number of nitrogens with one attached hydrogen (secondary N) is 1. The van der Waals surface area contributed by atoms with E-state index in [1.807, 2.05) is 20.8 Å². The van der Waals surface area contributed by atoms with E-state index in [0.717, 1.165) is 19.3 Å². The molecular formula is C13H24N2O3. The number of piperidine rings is 1. The zero-order chi connectivity index (χ0) is 13.8. The minimum atomic E-state index is -0.523. The summed E-state index contributed by atoms with van der Waals surface area (Å²) in [5.74, 6) is 0.0584. The lowest BCUT2D eigenvalue weighted by Crippen LogP contribution is -2.51. The maximum atomic E-state index is 12.1. The SMILES string of the molecule is CNCC(=O)C1CCCCN1C(=O)OC(C)(C)C. The number of carbonyl (C=O) groups is 2. The molecular weight excluding hydrogens is 232 g/mol. The van der Waals surface area contributed by atoms with Gasteiger partial charge in [-0.05, 0) is 47.1 Å². The topological polar surface area (TPSA) is 58.6 Å². The first-order valence-electron chi connectivity index (χ1n) is 6.52. The lowest BCUT2D eigenvalue weighted by molar-refractivity contribution is -0.124. The van der Waals surface area contributed by atoms with Crippen molar-refractivity contribution in [3.05, 3.63) is 0 Å². The van der Waals surface area contributed by atoms with Gasteiger partial charge in [0.25, 0.3) is 0 Å². The molecule has 0 spiro atoms. The van der Waals surface area contributed by atoms with Gasteiger partial charge in [-0.15, -0.1) is 0 Å². The third-order valence-corrected chi connectivity index (χ3v) is 2.85. The summed E-state index contributed by atoms with van der Waals surface area (Å²) in [6.07, 6.45) is 2.28. The van der Waals surface area contributed by atoms with Gasteiger partial charge in [0.2, 0.25) is 0 Å². The molecule has 1 fully saturated rings. The molecule has 0 aliphatic carbocycles. The lowest BCUT2D eigenvalue weighted by atomic mass is 9.99. The van der Waals surface area contributed by atoms with E-state index in [4.69, 9.17) is 4.74 Å². The molecule has 1 rings (SSSR count). The molecule has 1 aliphatic rings. The average Bonchev–Trinajstić information content (AvgIpc) is 2.27. The van der Waals surface area contributed by atoms with Crippen molar-refractivity contribution in [1.29, 1.82) is 0 Å². The zero-order valence-electron chi connectivity index (χ0n) is 11.8. The Morgan fingerprint density at radius 3 is 2.56 bits per heavy atom. The van der Waals surface area contributed by atoms with E-state index < -0.39 is 5.60 Å². The number of rotatable bonds is 3. The molecule has 0 radical (unpaired) electrons. The highest BCUT2D eigenvalue weighted by molar-refractivity contribution is 5.89. The second-order valence-electron chi connectivity index (χ2n) is 5.68. The Morgan fingerprint density at radius 2 is 2.00 bits per heavy atom. The number of ether oxygens (including phenoxy) is 1. The van der Waals surface area contributed by atoms with Crippen LogP contribution in [0.1, 0.15) is 40.0 Å². The summed E-state index contributed by atoms with van der Waals surface area (Å²) < 4.78 is 5.35. The molecule has 1 N–H and O–H groups in total. The minimum Gasteiger partial charge on any atom is -0.444 e. The minimum absolute atomic E-state index is 0.0584. The first-order chi connectivity index (χ1) is 8.35. The van der Waals surface area contributed by atoms with Gasteiger partial charge in [0.05, 0.1) is 12.6 Å². The molecule has 1 heterocycles. The van der Waals surface area contributed by atoms with Crippen molar-refractivity contribution >= 4 is 11.9 Å². The Hall–Kier alpha value is -1.10. The highest BCUT2D eigenvalue weighted by Crippen LogP contribution is 2.20. The van der Waals surface area contributed by atoms with Crippen molar-refractivity contribution in [2.24, 2.45) is 0 Å². The summed E-state index contributed by atoms with van der Waals surface area (Å²) in [5.41, 5.74) is -0.523. The highest BCUT2D eigenvalue weighted by atomic mass is 16.6. The fourth-order valence-electron chi connectivity index (χ4n) is 2.10. The fraction of sp³-hybridized carbons (Fsp3) is 0.846. The van der Waals surface area contributed by atoms with Crippen molar-refractivity contribution < 1.29 is 14.3 Å². The van der Waals surface area contributed by atoms with Gasteiger partial charge in [-0.2, -0.15) is 0 Å². The molecule has 1 unspecified atom stereocenters. The molecule has 104 valence electrons. The molecule has 5 nitrogen and oxygen atoms in total. The number of hydrogen-bond donors (Lipinski definition) is 1. The van der Waals surface area contributed by atoms with Crippen molar-refractivity contribution in [2.45, 2.75) is 51.7 Å². The molecule has 1 atom stereocenters. The van der Waals surface area contributed by atoms with Crippen molar-refractivity contribution in [2.75, 3.05) is 20.1 Å². The third-order valence-electron chi connectivity index (χ3n) is 2.85. The molecule has 0 aromatic carbocycles. The summed E-state index contributed by atoms with van der Waals surface area (Å²) in [6, 6.07) is -0.332. The molecule has 1 amide bonds. The van der Waals surface area contributed by atoms with Gasteiger partial charge in [0.15, 0.2) is 5.78 Å². The van der Waals surface area contributed by atoms with Crippen molar-refractivity contribution in [3.8, 4) is 0 Å². The number of amides is 1. The summed E-state index contributed by atoms with van der Waals surface area (Å²) in [4.78, 5) is 25.6. The number of Topliss-reactive ketones (excluding diaryl/α,β-unsaturated/α-hetero) is 1. The lowest BCUT2D eigenvalue weighted by Gasteiger charge is -2.35. The summed E-state index contributed by atoms with van der Waals surface area (Å²) >= 11 is 0. The normalized spacial score (nSPS) is 20.7. The van der Waals surface area contributed by atoms with Gasteiger partial charge in [-0.3, -0.25) is 9.69 Å². The van der Waals surface area contributed by atoms with E-state index in [-0.39, 0.29) is 17.9 Å². The van der Waals surface area contributed by atoms with E-state index in [2.05, 4.69) is 5.32 Å². The monoisotopic (exact) mass is 256 g/mol. The van der Waals surface area contributed by atoms with Crippen LogP contribution in [0.15, 0.2) is 0 Å². The summed E-state index contributed by atoms with van der Waals surface area (Å²) in [6.45, 7) is 6.40. The van der Waals surface area contributed by atoms with Gasteiger partial charge in [0.1, 0.15) is 5.60 Å². The fourth-order valence-corrected chi connectivity index (χ4v) is 2.10. The largest absolute Gasteiger partial charge is 0.444 e. The van der Waals surface area contributed by atoms with Crippen molar-refractivity contribution in [1.82, 2.24) is 10.2 Å². The standard InChI is InChI=1S/C13H24N2O3/c1-13(2,3)18-12(17)15-8-6-5-7-10(15)11(16)9-14-4/h10,14H,5-9H2,1-4H3. The van der Waals surface area contributed by atoms with Crippen LogP contribution >= 0.6 is 0 Å². The van der Waals surface area contributed by atoms with Crippen LogP contribution in [0.25, 0.3) is 0 Å². The Balaban J connectivity index is 2.70. The Morgan fingerprint density at radius 1 is 1.33 bits per heavy atom. The van der Waals surface area contributed by atoms with Gasteiger partial charge < -0.3 is 10.1 Å². The van der Waals surface area contributed by atoms with Crippen LogP contribution in [0.3, 0.4) is 0 Å². The zero-order valence-corrected chi connectivity index (χ0v) is 11.8. The van der Waals surface area contributed by atoms with Crippen molar-refractivity contribution in [3.63, 3.8) is 0 Å². The van der Waals surface area contributed by atoms with Crippen LogP contribution in [0, 0.1) is 0 Å². The van der Waals surface area contributed by atoms with Crippen LogP contribution in [0.2, 0.25) is 0 Å². The molecule has 0 aromatic heterocycles. The molecule has 18 heavy (non-hydrogen) atoms. The predicted molar refractivity (Wildman–Crippen MR) is 69.5 cm³/mol. The predicted octanol–water partition coefficient (Wildman–Crippen LogP) is 1.56. The second-order valence-corrected chi connectivity index (χ2v) is 5.68. The maximum absolute atomic E-state index is 12.1. The number of likely N-dealkylation sites (tertiary alicyclic amines) is 1.